The number of ether oxygens (including phenoxy) is 1. The molecule has 1 aliphatic heterocycles. The minimum absolute atomic E-state index is 0.0654. The molecule has 0 unspecified atom stereocenters. The number of allylic oxidation sites excluding steroid dienone is 1. The van der Waals surface area contributed by atoms with E-state index in [9.17, 15) is 25.2 Å². The second-order valence-electron chi connectivity index (χ2n) is 12.1. The molecule has 1 heterocycles. The number of urea groups is 1. The van der Waals surface area contributed by atoms with E-state index in [1.807, 2.05) is 20.8 Å². The Kier molecular flexibility index (Phi) is 11.7. The number of phenolic OH excluding ortho intramolecular Hbond substituents is 1. The van der Waals surface area contributed by atoms with Gasteiger partial charge in [-0.25, -0.2) is 4.79 Å². The van der Waals surface area contributed by atoms with Crippen LogP contribution in [-0.2, 0) is 4.84 Å². The van der Waals surface area contributed by atoms with E-state index in [2.05, 4.69) is 16.5 Å². The molecule has 10 heteroatoms. The minimum atomic E-state index is -1.75. The molecule has 10 nitrogen and oxygen atoms in total. The number of nitrogens with one attached hydrogen (secondary N) is 1. The second-order valence-corrected chi connectivity index (χ2v) is 12.1. The number of nitrogens with zero attached hydrogens (tertiary/aromatic N) is 2. The molecular weight excluding hydrogens is 550 g/mol. The average Bonchev–Trinajstić information content (AvgIpc) is 2.99. The Hall–Kier alpha value is -2.82. The summed E-state index contributed by atoms with van der Waals surface area (Å²) in [4.78, 5) is 20.9. The van der Waals surface area contributed by atoms with Crippen molar-refractivity contribution in [2.24, 2.45) is 22.9 Å². The Morgan fingerprint density at radius 1 is 1.12 bits per heavy atom. The van der Waals surface area contributed by atoms with Crippen LogP contribution in [0, 0.1) is 17.8 Å². The number of oxime groups is 1. The number of carbonyl (C=O) groups is 1. The van der Waals surface area contributed by atoms with Gasteiger partial charge in [-0.3, -0.25) is 0 Å². The summed E-state index contributed by atoms with van der Waals surface area (Å²) in [5, 5.41) is 50.2. The summed E-state index contributed by atoms with van der Waals surface area (Å²) in [7, 11) is 0. The zero-order valence-corrected chi connectivity index (χ0v) is 26.0. The number of hydrogen-bond donors (Lipinski definition) is 5. The lowest BCUT2D eigenvalue weighted by molar-refractivity contribution is -0.228. The van der Waals surface area contributed by atoms with Gasteiger partial charge in [0.05, 0.1) is 11.6 Å². The third kappa shape index (κ3) is 6.97. The average molecular weight is 602 g/mol. The fourth-order valence-corrected chi connectivity index (χ4v) is 7.40. The molecule has 2 aliphatic carbocycles. The topological polar surface area (TPSA) is 144 Å². The third-order valence-corrected chi connectivity index (χ3v) is 9.19. The first-order valence-electron chi connectivity index (χ1n) is 16.3. The number of phenols is 1. The predicted octanol–water partition coefficient (Wildman–Crippen LogP) is 4.67. The highest BCUT2D eigenvalue weighted by Gasteiger charge is 2.64. The van der Waals surface area contributed by atoms with Gasteiger partial charge in [-0.1, -0.05) is 37.9 Å². The van der Waals surface area contributed by atoms with E-state index in [1.165, 1.54) is 0 Å². The van der Waals surface area contributed by atoms with Crippen molar-refractivity contribution in [1.82, 2.24) is 10.2 Å². The predicted molar refractivity (Wildman–Crippen MR) is 165 cm³/mol. The third-order valence-electron chi connectivity index (χ3n) is 9.19. The van der Waals surface area contributed by atoms with Gasteiger partial charge in [0.2, 0.25) is 5.79 Å². The number of fused-ring (bicyclic) bond motifs is 2. The van der Waals surface area contributed by atoms with E-state index < -0.39 is 17.7 Å². The molecular formula is C33H51N3O7. The minimum Gasteiger partial charge on any atom is -0.508 e. The zero-order chi connectivity index (χ0) is 31.0. The van der Waals surface area contributed by atoms with Crippen molar-refractivity contribution in [1.29, 1.82) is 0 Å². The molecule has 0 spiro atoms. The smallest absolute Gasteiger partial charge is 0.317 e. The van der Waals surface area contributed by atoms with Gasteiger partial charge in [0.25, 0.3) is 0 Å². The number of aliphatic hydroxyl groups is 3. The maximum Gasteiger partial charge on any atom is 0.317 e. The number of carbonyl (C=O) groups excluding carboxylic acids is 1. The number of benzene rings is 1. The summed E-state index contributed by atoms with van der Waals surface area (Å²) < 4.78 is 6.58. The van der Waals surface area contributed by atoms with Crippen LogP contribution >= 0.6 is 0 Å². The Balaban J connectivity index is 1.92. The molecule has 1 aromatic rings. The van der Waals surface area contributed by atoms with Gasteiger partial charge in [0.15, 0.2) is 0 Å². The summed E-state index contributed by atoms with van der Waals surface area (Å²) >= 11 is 0. The molecule has 0 bridgehead atoms. The van der Waals surface area contributed by atoms with E-state index in [1.54, 1.807) is 23.1 Å². The Labute approximate surface area is 255 Å². The van der Waals surface area contributed by atoms with Crippen molar-refractivity contribution in [2.45, 2.75) is 96.3 Å². The molecule has 240 valence electrons. The molecule has 4 rings (SSSR count). The molecule has 0 saturated heterocycles. The van der Waals surface area contributed by atoms with Gasteiger partial charge in [0, 0.05) is 44.2 Å². The quantitative estimate of drug-likeness (QED) is 0.145. The zero-order valence-electron chi connectivity index (χ0n) is 26.0. The van der Waals surface area contributed by atoms with Crippen LogP contribution in [0.2, 0.25) is 0 Å². The highest BCUT2D eigenvalue weighted by molar-refractivity contribution is 6.03. The number of rotatable bonds is 15. The standard InChI is InChI=1S/C33H51N3O7/c1-4-15-34-32(40)36(16-5-2)29-21-27(35-42-6-3)25-19-22(11-7-9-17-37)24(12-8-10-18-38)30-26-20-23(39)13-14-28(26)43-33(29,41)31(25)30/h13-14,19-20,22,24,29-31,37-39,41H,4-12,15-18,21H2,1-3H3,(H,34,40)/t22-,24+,29-,30+,31+,33+/m0/s1. The Morgan fingerprint density at radius 2 is 1.86 bits per heavy atom. The summed E-state index contributed by atoms with van der Waals surface area (Å²) in [5.41, 5.74) is 2.39. The van der Waals surface area contributed by atoms with Crippen LogP contribution in [-0.4, -0.2) is 81.8 Å². The second kappa shape index (κ2) is 15.3. The summed E-state index contributed by atoms with van der Waals surface area (Å²) in [6.07, 6.45) is 8.63. The molecule has 43 heavy (non-hydrogen) atoms. The first kappa shape index (κ1) is 33.1. The van der Waals surface area contributed by atoms with Gasteiger partial charge < -0.3 is 40.2 Å². The van der Waals surface area contributed by atoms with E-state index >= 15 is 0 Å². The van der Waals surface area contributed by atoms with Crippen molar-refractivity contribution in [3.05, 3.63) is 35.4 Å². The van der Waals surface area contributed by atoms with Gasteiger partial charge in [-0.05, 0) is 81.1 Å². The van der Waals surface area contributed by atoms with Crippen molar-refractivity contribution in [3.63, 3.8) is 0 Å². The normalized spacial score (nSPS) is 28.4. The van der Waals surface area contributed by atoms with Crippen molar-refractivity contribution < 1.29 is 34.8 Å². The summed E-state index contributed by atoms with van der Waals surface area (Å²) in [6, 6.07) is 4.04. The van der Waals surface area contributed by atoms with E-state index in [-0.39, 0.29) is 49.2 Å². The Morgan fingerprint density at radius 3 is 2.53 bits per heavy atom. The van der Waals surface area contributed by atoms with Crippen molar-refractivity contribution in [3.8, 4) is 11.5 Å². The largest absolute Gasteiger partial charge is 0.508 e. The van der Waals surface area contributed by atoms with Gasteiger partial charge in [-0.2, -0.15) is 0 Å². The van der Waals surface area contributed by atoms with Gasteiger partial charge >= 0.3 is 6.03 Å². The maximum absolute atomic E-state index is 13.6. The summed E-state index contributed by atoms with van der Waals surface area (Å²) in [5.74, 6) is -1.75. The highest BCUT2D eigenvalue weighted by atomic mass is 16.6. The van der Waals surface area contributed by atoms with Crippen molar-refractivity contribution in [2.75, 3.05) is 32.9 Å². The monoisotopic (exact) mass is 601 g/mol. The van der Waals surface area contributed by atoms with Crippen LogP contribution in [0.25, 0.3) is 0 Å². The first-order valence-corrected chi connectivity index (χ1v) is 16.3. The number of unbranched alkanes of at least 4 members (excludes halogenated alkanes) is 2. The van der Waals surface area contributed by atoms with Crippen LogP contribution in [0.15, 0.2) is 35.0 Å². The van der Waals surface area contributed by atoms with E-state index in [4.69, 9.17) is 9.57 Å². The van der Waals surface area contributed by atoms with Crippen LogP contribution in [0.4, 0.5) is 4.79 Å². The van der Waals surface area contributed by atoms with E-state index in [0.717, 1.165) is 43.2 Å². The molecule has 3 aliphatic rings. The number of aromatic hydroxyl groups is 1. The van der Waals surface area contributed by atoms with Crippen LogP contribution in [0.1, 0.15) is 90.0 Å². The fourth-order valence-electron chi connectivity index (χ4n) is 7.40. The molecule has 1 saturated carbocycles. The van der Waals surface area contributed by atoms with Gasteiger partial charge in [0.1, 0.15) is 24.1 Å². The number of hydrogen-bond acceptors (Lipinski definition) is 8. The number of amides is 2. The molecule has 0 aromatic heterocycles. The Bertz CT molecular complexity index is 1140. The van der Waals surface area contributed by atoms with E-state index in [0.29, 0.717) is 50.4 Å². The van der Waals surface area contributed by atoms with Crippen LogP contribution in [0.3, 0.4) is 0 Å². The molecule has 0 radical (unpaired) electrons. The SMILES string of the molecule is CCCNC(=O)N(CCC)[C@H]1CC(=NOCC)C2=C[C@H](CCCCO)[C@@H](CCCCO)[C@@H]3c4cc(O)ccc4O[C@@]1(O)[C@H]23. The lowest BCUT2D eigenvalue weighted by Gasteiger charge is -2.58. The van der Waals surface area contributed by atoms with Crippen LogP contribution < -0.4 is 10.1 Å². The number of aliphatic hydroxyl groups excluding tert-OH is 2. The first-order chi connectivity index (χ1) is 20.8. The molecule has 2 amide bonds. The van der Waals surface area contributed by atoms with Crippen LogP contribution in [0.5, 0.6) is 11.5 Å². The molecule has 1 aromatic carbocycles. The van der Waals surface area contributed by atoms with Crippen molar-refractivity contribution >= 4 is 11.7 Å². The molecule has 1 fully saturated rings. The summed E-state index contributed by atoms with van der Waals surface area (Å²) in [6.45, 7) is 7.44. The lowest BCUT2D eigenvalue weighted by atomic mass is 9.55. The fraction of sp³-hybridized carbons (Fsp3) is 0.697. The highest BCUT2D eigenvalue weighted by Crippen LogP contribution is 2.60. The molecule has 5 N–H and O–H groups in total. The maximum atomic E-state index is 13.6. The van der Waals surface area contributed by atoms with Gasteiger partial charge in [-0.15, -0.1) is 0 Å². The lowest BCUT2D eigenvalue weighted by Crippen LogP contribution is -2.69. The molecule has 6 atom stereocenters.